The zero-order valence-electron chi connectivity index (χ0n) is 10.5. The quantitative estimate of drug-likeness (QED) is 0.825. The van der Waals surface area contributed by atoms with E-state index in [1.165, 1.54) is 11.8 Å². The van der Waals surface area contributed by atoms with Gasteiger partial charge in [0.1, 0.15) is 5.54 Å². The molecule has 1 saturated carbocycles. The van der Waals surface area contributed by atoms with Gasteiger partial charge in [-0.25, -0.2) is 0 Å². The number of nitrogens with zero attached hydrogens (tertiary/aromatic N) is 2. The molecular weight excluding hydrogens is 254 g/mol. The summed E-state index contributed by atoms with van der Waals surface area (Å²) in [5.74, 6) is 0.231. The Bertz CT molecular complexity index is 437. The molecule has 0 bridgehead atoms. The van der Waals surface area contributed by atoms with E-state index in [9.17, 15) is 4.79 Å². The van der Waals surface area contributed by atoms with Gasteiger partial charge in [-0.1, -0.05) is 11.8 Å². The van der Waals surface area contributed by atoms with Gasteiger partial charge in [-0.15, -0.1) is 10.2 Å². The first kappa shape index (κ1) is 13.4. The van der Waals surface area contributed by atoms with E-state index in [-0.39, 0.29) is 11.2 Å². The summed E-state index contributed by atoms with van der Waals surface area (Å²) in [4.78, 5) is 11.8. The van der Waals surface area contributed by atoms with Gasteiger partial charge in [-0.3, -0.25) is 4.79 Å². The number of esters is 1. The van der Waals surface area contributed by atoms with Crippen molar-refractivity contribution < 1.29 is 13.9 Å². The molecule has 0 spiro atoms. The van der Waals surface area contributed by atoms with Crippen LogP contribution in [0.1, 0.15) is 32.1 Å². The van der Waals surface area contributed by atoms with Crippen LogP contribution in [0.2, 0.25) is 0 Å². The number of aryl methyl sites for hydroxylation is 1. The SMILES string of the molecule is CCOC(=O)C1(N)CCC(Sc2nnc(C)o2)C1. The summed E-state index contributed by atoms with van der Waals surface area (Å²) in [5, 5.41) is 8.45. The van der Waals surface area contributed by atoms with Gasteiger partial charge in [0.15, 0.2) is 0 Å². The van der Waals surface area contributed by atoms with Crippen LogP contribution in [-0.4, -0.2) is 33.6 Å². The second-order valence-corrected chi connectivity index (χ2v) is 5.70. The lowest BCUT2D eigenvalue weighted by Gasteiger charge is -2.21. The Morgan fingerprint density at radius 2 is 2.44 bits per heavy atom. The van der Waals surface area contributed by atoms with E-state index < -0.39 is 5.54 Å². The van der Waals surface area contributed by atoms with E-state index in [2.05, 4.69) is 10.2 Å². The lowest BCUT2D eigenvalue weighted by atomic mass is 10.00. The van der Waals surface area contributed by atoms with Crippen molar-refractivity contribution in [3.05, 3.63) is 5.89 Å². The van der Waals surface area contributed by atoms with Crippen LogP contribution in [0.3, 0.4) is 0 Å². The molecule has 2 rings (SSSR count). The number of hydrogen-bond acceptors (Lipinski definition) is 7. The highest BCUT2D eigenvalue weighted by atomic mass is 32.2. The first-order valence-corrected chi connectivity index (χ1v) is 6.84. The average molecular weight is 271 g/mol. The lowest BCUT2D eigenvalue weighted by molar-refractivity contribution is -0.149. The van der Waals surface area contributed by atoms with E-state index in [1.54, 1.807) is 13.8 Å². The minimum absolute atomic E-state index is 0.222. The largest absolute Gasteiger partial charge is 0.465 e. The van der Waals surface area contributed by atoms with E-state index in [0.29, 0.717) is 30.6 Å². The van der Waals surface area contributed by atoms with E-state index in [4.69, 9.17) is 14.9 Å². The molecule has 1 aromatic heterocycles. The minimum Gasteiger partial charge on any atom is -0.465 e. The van der Waals surface area contributed by atoms with Gasteiger partial charge in [0.2, 0.25) is 5.89 Å². The predicted molar refractivity (Wildman–Crippen MR) is 66.1 cm³/mol. The molecule has 0 amide bonds. The van der Waals surface area contributed by atoms with Gasteiger partial charge in [-0.05, 0) is 26.2 Å². The van der Waals surface area contributed by atoms with E-state index >= 15 is 0 Å². The topological polar surface area (TPSA) is 91.2 Å². The third-order valence-electron chi connectivity index (χ3n) is 2.96. The Morgan fingerprint density at radius 3 is 3.06 bits per heavy atom. The second kappa shape index (κ2) is 5.27. The van der Waals surface area contributed by atoms with Crippen molar-refractivity contribution in [3.63, 3.8) is 0 Å². The van der Waals surface area contributed by atoms with Crippen molar-refractivity contribution >= 4 is 17.7 Å². The molecular formula is C11H17N3O3S. The van der Waals surface area contributed by atoms with Crippen molar-refractivity contribution in [1.82, 2.24) is 10.2 Å². The maximum absolute atomic E-state index is 11.8. The van der Waals surface area contributed by atoms with Gasteiger partial charge < -0.3 is 14.9 Å². The number of ether oxygens (including phenoxy) is 1. The highest BCUT2D eigenvalue weighted by molar-refractivity contribution is 7.99. The van der Waals surface area contributed by atoms with Crippen molar-refractivity contribution in [1.29, 1.82) is 0 Å². The predicted octanol–water partition coefficient (Wildman–Crippen LogP) is 1.28. The van der Waals surface area contributed by atoms with Crippen LogP contribution < -0.4 is 5.73 Å². The van der Waals surface area contributed by atoms with Crippen molar-refractivity contribution in [2.45, 2.75) is 49.1 Å². The lowest BCUT2D eigenvalue weighted by Crippen LogP contribution is -2.47. The van der Waals surface area contributed by atoms with E-state index in [0.717, 1.165) is 6.42 Å². The Morgan fingerprint density at radius 1 is 1.67 bits per heavy atom. The van der Waals surface area contributed by atoms with Crippen LogP contribution in [0, 0.1) is 6.92 Å². The zero-order chi connectivity index (χ0) is 13.2. The molecule has 100 valence electrons. The Kier molecular flexibility index (Phi) is 3.91. The summed E-state index contributed by atoms with van der Waals surface area (Å²) in [6, 6.07) is 0. The molecule has 2 atom stereocenters. The Balaban J connectivity index is 1.93. The molecule has 2 N–H and O–H groups in total. The molecule has 2 unspecified atom stereocenters. The molecule has 1 aliphatic carbocycles. The van der Waals surface area contributed by atoms with E-state index in [1.807, 2.05) is 0 Å². The molecule has 0 aliphatic heterocycles. The molecule has 0 radical (unpaired) electrons. The third kappa shape index (κ3) is 2.84. The monoisotopic (exact) mass is 271 g/mol. The summed E-state index contributed by atoms with van der Waals surface area (Å²) in [7, 11) is 0. The van der Waals surface area contributed by atoms with Crippen LogP contribution in [0.4, 0.5) is 0 Å². The smallest absolute Gasteiger partial charge is 0.326 e. The fourth-order valence-electron chi connectivity index (χ4n) is 2.06. The highest BCUT2D eigenvalue weighted by Gasteiger charge is 2.44. The number of carbonyl (C=O) groups is 1. The first-order chi connectivity index (χ1) is 8.53. The van der Waals surface area contributed by atoms with Crippen LogP contribution >= 0.6 is 11.8 Å². The second-order valence-electron chi connectivity index (χ2n) is 4.45. The van der Waals surface area contributed by atoms with Crippen molar-refractivity contribution in [2.75, 3.05) is 6.61 Å². The number of rotatable bonds is 4. The van der Waals surface area contributed by atoms with Gasteiger partial charge in [-0.2, -0.15) is 0 Å². The fraction of sp³-hybridized carbons (Fsp3) is 0.727. The molecule has 7 heteroatoms. The van der Waals surface area contributed by atoms with Crippen LogP contribution in [0.5, 0.6) is 0 Å². The molecule has 0 aromatic carbocycles. The van der Waals surface area contributed by atoms with Gasteiger partial charge in [0.05, 0.1) is 6.61 Å². The van der Waals surface area contributed by atoms with Gasteiger partial charge in [0, 0.05) is 12.2 Å². The highest BCUT2D eigenvalue weighted by Crippen LogP contribution is 2.39. The van der Waals surface area contributed by atoms with Crippen LogP contribution in [0.15, 0.2) is 9.64 Å². The zero-order valence-corrected chi connectivity index (χ0v) is 11.3. The first-order valence-electron chi connectivity index (χ1n) is 5.96. The molecule has 0 saturated heterocycles. The number of thioether (sulfide) groups is 1. The molecule has 6 nitrogen and oxygen atoms in total. The Labute approximate surface area is 110 Å². The summed E-state index contributed by atoms with van der Waals surface area (Å²) in [6.45, 7) is 3.89. The molecule has 1 aromatic rings. The third-order valence-corrected chi connectivity index (χ3v) is 4.06. The summed E-state index contributed by atoms with van der Waals surface area (Å²) < 4.78 is 10.3. The maximum Gasteiger partial charge on any atom is 0.326 e. The van der Waals surface area contributed by atoms with Gasteiger partial charge in [0.25, 0.3) is 5.22 Å². The number of hydrogen-bond donors (Lipinski definition) is 1. The number of carbonyl (C=O) groups excluding carboxylic acids is 1. The van der Waals surface area contributed by atoms with Gasteiger partial charge >= 0.3 is 5.97 Å². The van der Waals surface area contributed by atoms with Crippen molar-refractivity contribution in [2.24, 2.45) is 5.73 Å². The standard InChI is InChI=1S/C11H17N3O3S/c1-3-16-9(15)11(12)5-4-8(6-11)18-10-14-13-7(2)17-10/h8H,3-6,12H2,1-2H3. The summed E-state index contributed by atoms with van der Waals surface area (Å²) >= 11 is 1.48. The molecule has 1 heterocycles. The number of aromatic nitrogens is 2. The summed E-state index contributed by atoms with van der Waals surface area (Å²) in [6.07, 6.45) is 2.07. The fourth-order valence-corrected chi connectivity index (χ4v) is 3.22. The average Bonchev–Trinajstić information content (AvgIpc) is 2.88. The Hall–Kier alpha value is -1.08. The van der Waals surface area contributed by atoms with Crippen LogP contribution in [0.25, 0.3) is 0 Å². The number of nitrogens with two attached hydrogens (primary N) is 1. The van der Waals surface area contributed by atoms with Crippen molar-refractivity contribution in [3.8, 4) is 0 Å². The summed E-state index contributed by atoms with van der Waals surface area (Å²) in [5.41, 5.74) is 5.23. The minimum atomic E-state index is -0.858. The van der Waals surface area contributed by atoms with Crippen LogP contribution in [-0.2, 0) is 9.53 Å². The molecule has 1 fully saturated rings. The maximum atomic E-state index is 11.8. The molecule has 1 aliphatic rings. The molecule has 18 heavy (non-hydrogen) atoms. The normalized spacial score (nSPS) is 27.4.